The summed E-state index contributed by atoms with van der Waals surface area (Å²) in [5.41, 5.74) is 0.931. The van der Waals surface area contributed by atoms with Gasteiger partial charge in [0.1, 0.15) is 11.8 Å². The highest BCUT2D eigenvalue weighted by atomic mass is 16.5. The third-order valence-corrected chi connectivity index (χ3v) is 12.1. The van der Waals surface area contributed by atoms with E-state index in [1.165, 1.54) is 23.5 Å². The first-order chi connectivity index (χ1) is 28.3. The van der Waals surface area contributed by atoms with Crippen LogP contribution in [0.3, 0.4) is 0 Å². The Hall–Kier alpha value is -5.20. The molecule has 0 spiro atoms. The number of hydrogen-bond acceptors (Lipinski definition) is 11. The molecule has 3 unspecified atom stereocenters. The van der Waals surface area contributed by atoms with Crippen LogP contribution in [0.4, 0.5) is 0 Å². The van der Waals surface area contributed by atoms with Gasteiger partial charge in [0.05, 0.1) is 30.5 Å². The SMILES string of the molecule is CCCC(CC(=O)[C@H]1C[C@H](Oc2ccc(-c3ccccc3)nn2)CN1C(=O)C(CC(=O)C(NC(=O)c1cnccn1)C1CCCCC1)C(C)(C)C)C(=O)C(=O)CC1CC1. The molecule has 2 amide bonds. The van der Waals surface area contributed by atoms with Crippen molar-refractivity contribution < 1.29 is 33.5 Å². The summed E-state index contributed by atoms with van der Waals surface area (Å²) >= 11 is 0. The van der Waals surface area contributed by atoms with Crippen molar-refractivity contribution in [3.05, 3.63) is 66.7 Å². The second-order valence-electron chi connectivity index (χ2n) is 17.7. The normalized spacial score (nSPS) is 20.0. The summed E-state index contributed by atoms with van der Waals surface area (Å²) in [7, 11) is 0. The minimum Gasteiger partial charge on any atom is -0.471 e. The highest BCUT2D eigenvalue weighted by molar-refractivity contribution is 6.38. The number of benzene rings is 1. The zero-order valence-electron chi connectivity index (χ0n) is 34.8. The quantitative estimate of drug-likeness (QED) is 0.129. The van der Waals surface area contributed by atoms with Crippen molar-refractivity contribution in [2.24, 2.45) is 29.1 Å². The molecule has 1 saturated heterocycles. The number of nitrogens with one attached hydrogen (secondary N) is 1. The van der Waals surface area contributed by atoms with Gasteiger partial charge in [0.25, 0.3) is 5.91 Å². The Bertz CT molecular complexity index is 1940. The second kappa shape index (κ2) is 19.7. The van der Waals surface area contributed by atoms with Gasteiger partial charge in [0.2, 0.25) is 17.6 Å². The molecule has 3 aliphatic rings. The molecule has 3 heterocycles. The van der Waals surface area contributed by atoms with Gasteiger partial charge in [-0.15, -0.1) is 10.2 Å². The average molecular weight is 807 g/mol. The molecule has 3 aromatic rings. The Balaban J connectivity index is 1.25. The standard InChI is InChI=1S/C46H58N6O7/c1-5-12-32(43(56)40(55)23-29-17-18-29)24-38(53)37-25-33(59-41-20-19-35(50-51-41)30-13-8-6-9-14-30)28-52(37)45(58)34(46(2,3)4)26-39(54)42(31-15-10-7-11-16-31)49-44(57)36-27-47-21-22-48-36/h6,8-9,13-14,19-22,27,29,31-34,37,42H,5,7,10-12,15-18,23-26,28H2,1-4H3,(H,49,57)/t32?,33-,34?,37+,42?/m0/s1. The zero-order chi connectivity index (χ0) is 42.1. The van der Waals surface area contributed by atoms with Crippen LogP contribution in [0.5, 0.6) is 5.88 Å². The Kier molecular flexibility index (Phi) is 14.5. The van der Waals surface area contributed by atoms with Crippen LogP contribution in [-0.4, -0.2) is 84.7 Å². The molecule has 3 fully saturated rings. The van der Waals surface area contributed by atoms with Gasteiger partial charge < -0.3 is 15.0 Å². The Morgan fingerprint density at radius 1 is 0.898 bits per heavy atom. The lowest BCUT2D eigenvalue weighted by Gasteiger charge is -2.36. The average Bonchev–Trinajstić information content (AvgIpc) is 3.96. The van der Waals surface area contributed by atoms with E-state index in [2.05, 4.69) is 25.5 Å². The fourth-order valence-electron chi connectivity index (χ4n) is 8.57. The van der Waals surface area contributed by atoms with Gasteiger partial charge in [-0.05, 0) is 55.4 Å². The van der Waals surface area contributed by atoms with Crippen LogP contribution in [0.25, 0.3) is 11.3 Å². The van der Waals surface area contributed by atoms with Crippen molar-refractivity contribution in [2.75, 3.05) is 6.54 Å². The highest BCUT2D eigenvalue weighted by Crippen LogP contribution is 2.37. The van der Waals surface area contributed by atoms with E-state index in [4.69, 9.17) is 4.74 Å². The molecule has 0 radical (unpaired) electrons. The van der Waals surface area contributed by atoms with Gasteiger partial charge in [0.15, 0.2) is 17.3 Å². The van der Waals surface area contributed by atoms with E-state index in [-0.39, 0.29) is 73.1 Å². The van der Waals surface area contributed by atoms with Crippen LogP contribution in [-0.2, 0) is 24.0 Å². The van der Waals surface area contributed by atoms with Gasteiger partial charge in [0, 0.05) is 61.5 Å². The number of nitrogens with zero attached hydrogens (tertiary/aromatic N) is 5. The van der Waals surface area contributed by atoms with E-state index in [1.54, 1.807) is 12.1 Å². The van der Waals surface area contributed by atoms with Gasteiger partial charge in [-0.2, -0.15) is 0 Å². The molecule has 5 atom stereocenters. The van der Waals surface area contributed by atoms with Crippen molar-refractivity contribution in [1.82, 2.24) is 30.4 Å². The molecule has 0 bridgehead atoms. The van der Waals surface area contributed by atoms with Crippen LogP contribution in [0.1, 0.15) is 122 Å². The summed E-state index contributed by atoms with van der Waals surface area (Å²) in [5.74, 6) is -3.67. The molecular formula is C46H58N6O7. The number of likely N-dealkylation sites (tertiary alicyclic amines) is 1. The van der Waals surface area contributed by atoms with Gasteiger partial charge in [-0.25, -0.2) is 4.98 Å². The maximum atomic E-state index is 15.0. The zero-order valence-corrected chi connectivity index (χ0v) is 34.8. The van der Waals surface area contributed by atoms with Crippen LogP contribution in [0.2, 0.25) is 0 Å². The van der Waals surface area contributed by atoms with E-state index in [9.17, 15) is 28.8 Å². The third kappa shape index (κ3) is 11.5. The smallest absolute Gasteiger partial charge is 0.272 e. The Morgan fingerprint density at radius 2 is 1.64 bits per heavy atom. The fourth-order valence-corrected chi connectivity index (χ4v) is 8.57. The van der Waals surface area contributed by atoms with Crippen molar-refractivity contribution in [3.63, 3.8) is 0 Å². The predicted octanol–water partition coefficient (Wildman–Crippen LogP) is 6.60. The number of amides is 2. The Morgan fingerprint density at radius 3 is 2.27 bits per heavy atom. The molecule has 1 aromatic carbocycles. The Labute approximate surface area is 346 Å². The van der Waals surface area contributed by atoms with Crippen molar-refractivity contribution in [2.45, 2.75) is 129 Å². The second-order valence-corrected chi connectivity index (χ2v) is 17.7. The summed E-state index contributed by atoms with van der Waals surface area (Å²) in [6, 6.07) is 11.3. The molecule has 13 heteroatoms. The molecule has 6 rings (SSSR count). The summed E-state index contributed by atoms with van der Waals surface area (Å²) in [6.45, 7) is 7.63. The highest BCUT2D eigenvalue weighted by Gasteiger charge is 2.47. The number of rotatable bonds is 19. The van der Waals surface area contributed by atoms with E-state index < -0.39 is 52.9 Å². The number of Topliss-reactive ketones (excluding diaryl/α,β-unsaturated/α-hetero) is 4. The summed E-state index contributed by atoms with van der Waals surface area (Å²) in [4.78, 5) is 93.2. The number of aromatic nitrogens is 4. The van der Waals surface area contributed by atoms with Gasteiger partial charge in [-0.1, -0.05) is 83.7 Å². The fraction of sp³-hybridized carbons (Fsp3) is 0.565. The number of carbonyl (C=O) groups is 6. The molecule has 314 valence electrons. The van der Waals surface area contributed by atoms with Crippen LogP contribution in [0, 0.1) is 29.1 Å². The monoisotopic (exact) mass is 806 g/mol. The van der Waals surface area contributed by atoms with E-state index in [0.717, 1.165) is 50.5 Å². The van der Waals surface area contributed by atoms with Crippen molar-refractivity contribution in [1.29, 1.82) is 0 Å². The molecule has 1 N–H and O–H groups in total. The first-order valence-corrected chi connectivity index (χ1v) is 21.4. The molecule has 2 aliphatic carbocycles. The topological polar surface area (TPSA) is 178 Å². The van der Waals surface area contributed by atoms with Crippen molar-refractivity contribution >= 4 is 34.9 Å². The van der Waals surface area contributed by atoms with Crippen LogP contribution >= 0.6 is 0 Å². The maximum absolute atomic E-state index is 15.0. The van der Waals surface area contributed by atoms with Gasteiger partial charge in [-0.3, -0.25) is 33.8 Å². The number of carbonyl (C=O) groups excluding carboxylic acids is 6. The van der Waals surface area contributed by atoms with E-state index in [0.29, 0.717) is 18.5 Å². The minimum absolute atomic E-state index is 0.0423. The predicted molar refractivity (Wildman–Crippen MR) is 220 cm³/mol. The first-order valence-electron chi connectivity index (χ1n) is 21.4. The van der Waals surface area contributed by atoms with E-state index in [1.807, 2.05) is 58.0 Å². The first kappa shape index (κ1) is 43.4. The summed E-state index contributed by atoms with van der Waals surface area (Å²) in [5, 5.41) is 11.6. The third-order valence-electron chi connectivity index (χ3n) is 12.1. The molecular weight excluding hydrogens is 749 g/mol. The number of ether oxygens (including phenoxy) is 1. The van der Waals surface area contributed by atoms with Crippen LogP contribution in [0.15, 0.2) is 61.1 Å². The summed E-state index contributed by atoms with van der Waals surface area (Å²) < 4.78 is 6.30. The molecule has 1 aliphatic heterocycles. The summed E-state index contributed by atoms with van der Waals surface area (Å²) in [6.07, 6.45) is 10.9. The lowest BCUT2D eigenvalue weighted by Crippen LogP contribution is -2.51. The lowest BCUT2D eigenvalue weighted by atomic mass is 9.74. The molecule has 59 heavy (non-hydrogen) atoms. The van der Waals surface area contributed by atoms with E-state index >= 15 is 0 Å². The minimum atomic E-state index is -0.958. The largest absolute Gasteiger partial charge is 0.471 e. The number of ketones is 4. The molecule has 13 nitrogen and oxygen atoms in total. The van der Waals surface area contributed by atoms with Crippen LogP contribution < -0.4 is 10.1 Å². The van der Waals surface area contributed by atoms with Gasteiger partial charge >= 0.3 is 0 Å². The van der Waals surface area contributed by atoms with Crippen molar-refractivity contribution in [3.8, 4) is 17.1 Å². The lowest BCUT2D eigenvalue weighted by molar-refractivity contribution is -0.147. The molecule has 2 aromatic heterocycles. The number of hydrogen-bond donors (Lipinski definition) is 1. The molecule has 2 saturated carbocycles. The maximum Gasteiger partial charge on any atom is 0.272 e.